The number of rotatable bonds is 12. The summed E-state index contributed by atoms with van der Waals surface area (Å²) in [6, 6.07) is 0. The van der Waals surface area contributed by atoms with Crippen molar-refractivity contribution in [2.45, 2.75) is 58.8 Å². The molecule has 0 aliphatic rings. The van der Waals surface area contributed by atoms with Crippen molar-refractivity contribution in [3.8, 4) is 0 Å². The zero-order valence-electron chi connectivity index (χ0n) is 11.6. The van der Waals surface area contributed by atoms with Crippen LogP contribution in [0, 0.1) is 5.92 Å². The molecule has 16 heavy (non-hydrogen) atoms. The summed E-state index contributed by atoms with van der Waals surface area (Å²) in [6.07, 6.45) is 9.63. The molecule has 2 nitrogen and oxygen atoms in total. The molecular weight excluding hydrogens is 198 g/mol. The van der Waals surface area contributed by atoms with E-state index in [4.69, 9.17) is 4.74 Å². The van der Waals surface area contributed by atoms with Crippen molar-refractivity contribution in [3.63, 3.8) is 0 Å². The largest absolute Gasteiger partial charge is 0.383 e. The molecule has 0 amide bonds. The van der Waals surface area contributed by atoms with Crippen LogP contribution in [0.5, 0.6) is 0 Å². The smallest absolute Gasteiger partial charge is 0.0587 e. The first-order chi connectivity index (χ1) is 7.85. The number of nitrogens with one attached hydrogen (secondary N) is 1. The third kappa shape index (κ3) is 10.4. The molecule has 0 radical (unpaired) electrons. The van der Waals surface area contributed by atoms with E-state index in [1.54, 1.807) is 7.11 Å². The summed E-state index contributed by atoms with van der Waals surface area (Å²) in [5.74, 6) is 0.874. The molecule has 0 aliphatic carbocycles. The first kappa shape index (κ1) is 15.9. The Morgan fingerprint density at radius 3 is 2.44 bits per heavy atom. The molecule has 0 saturated heterocycles. The van der Waals surface area contributed by atoms with Gasteiger partial charge in [0.2, 0.25) is 0 Å². The Labute approximate surface area is 102 Å². The maximum atomic E-state index is 5.03. The zero-order chi connectivity index (χ0) is 12.1. The van der Waals surface area contributed by atoms with Crippen LogP contribution >= 0.6 is 0 Å². The zero-order valence-corrected chi connectivity index (χ0v) is 11.6. The lowest BCUT2D eigenvalue weighted by atomic mass is 9.96. The number of hydrogen-bond donors (Lipinski definition) is 1. The van der Waals surface area contributed by atoms with Crippen molar-refractivity contribution in [1.82, 2.24) is 5.32 Å². The van der Waals surface area contributed by atoms with E-state index < -0.39 is 0 Å². The molecule has 0 rings (SSSR count). The van der Waals surface area contributed by atoms with Crippen LogP contribution in [0.1, 0.15) is 58.8 Å². The van der Waals surface area contributed by atoms with Gasteiger partial charge in [-0.1, -0.05) is 46.0 Å². The van der Waals surface area contributed by atoms with Crippen molar-refractivity contribution >= 4 is 0 Å². The van der Waals surface area contributed by atoms with Gasteiger partial charge in [0.15, 0.2) is 0 Å². The van der Waals surface area contributed by atoms with E-state index >= 15 is 0 Å². The highest BCUT2D eigenvalue weighted by atomic mass is 16.5. The average Bonchev–Trinajstić information content (AvgIpc) is 2.30. The second-order valence-corrected chi connectivity index (χ2v) is 4.70. The quantitative estimate of drug-likeness (QED) is 0.516. The Morgan fingerprint density at radius 1 is 1.00 bits per heavy atom. The fourth-order valence-electron chi connectivity index (χ4n) is 2.10. The normalized spacial score (nSPS) is 12.9. The second kappa shape index (κ2) is 13.0. The van der Waals surface area contributed by atoms with Crippen LogP contribution < -0.4 is 5.32 Å². The molecule has 1 atom stereocenters. The molecule has 0 fully saturated rings. The Morgan fingerprint density at radius 2 is 1.81 bits per heavy atom. The van der Waals surface area contributed by atoms with Gasteiger partial charge in [0.25, 0.3) is 0 Å². The van der Waals surface area contributed by atoms with Crippen LogP contribution in [0.2, 0.25) is 0 Å². The van der Waals surface area contributed by atoms with Crippen LogP contribution in [-0.2, 0) is 4.74 Å². The number of unbranched alkanes of at least 4 members (excludes halogenated alkanes) is 3. The van der Waals surface area contributed by atoms with Gasteiger partial charge < -0.3 is 10.1 Å². The van der Waals surface area contributed by atoms with Gasteiger partial charge in [0.1, 0.15) is 0 Å². The molecule has 98 valence electrons. The van der Waals surface area contributed by atoms with Gasteiger partial charge in [-0.25, -0.2) is 0 Å². The highest BCUT2D eigenvalue weighted by Gasteiger charge is 2.06. The summed E-state index contributed by atoms with van der Waals surface area (Å²) in [4.78, 5) is 0. The van der Waals surface area contributed by atoms with Crippen molar-refractivity contribution in [2.75, 3.05) is 26.8 Å². The number of hydrogen-bond acceptors (Lipinski definition) is 2. The minimum Gasteiger partial charge on any atom is -0.383 e. The Hall–Kier alpha value is -0.0800. The summed E-state index contributed by atoms with van der Waals surface area (Å²) < 4.78 is 5.03. The Bertz CT molecular complexity index is 116. The van der Waals surface area contributed by atoms with Crippen LogP contribution in [0.4, 0.5) is 0 Å². The van der Waals surface area contributed by atoms with E-state index in [1.165, 1.54) is 51.5 Å². The topological polar surface area (TPSA) is 21.3 Å². The molecule has 0 spiro atoms. The van der Waals surface area contributed by atoms with E-state index in [1.807, 2.05) is 0 Å². The Balaban J connectivity index is 3.45. The third-order valence-electron chi connectivity index (χ3n) is 3.08. The van der Waals surface area contributed by atoms with E-state index in [2.05, 4.69) is 19.2 Å². The van der Waals surface area contributed by atoms with Gasteiger partial charge in [-0.2, -0.15) is 0 Å². The fraction of sp³-hybridized carbons (Fsp3) is 1.00. The lowest BCUT2D eigenvalue weighted by molar-refractivity contribution is 0.197. The molecule has 1 N–H and O–H groups in total. The molecular formula is C14H31NO. The van der Waals surface area contributed by atoms with Gasteiger partial charge in [0, 0.05) is 13.7 Å². The summed E-state index contributed by atoms with van der Waals surface area (Å²) in [5.41, 5.74) is 0. The monoisotopic (exact) mass is 229 g/mol. The standard InChI is InChI=1S/C14H31NO/c1-4-6-7-8-10-14(9-5-2)13-15-11-12-16-3/h14-15H,4-13H2,1-3H3. The molecule has 0 saturated carbocycles. The van der Waals surface area contributed by atoms with Gasteiger partial charge >= 0.3 is 0 Å². The molecule has 2 heteroatoms. The molecule has 0 aromatic heterocycles. The van der Waals surface area contributed by atoms with Crippen molar-refractivity contribution in [3.05, 3.63) is 0 Å². The maximum absolute atomic E-state index is 5.03. The minimum atomic E-state index is 0.828. The summed E-state index contributed by atoms with van der Waals surface area (Å²) in [5, 5.41) is 3.49. The number of methoxy groups -OCH3 is 1. The van der Waals surface area contributed by atoms with Crippen LogP contribution in [0.3, 0.4) is 0 Å². The van der Waals surface area contributed by atoms with Crippen LogP contribution in [-0.4, -0.2) is 26.8 Å². The molecule has 0 aliphatic heterocycles. The lowest BCUT2D eigenvalue weighted by Gasteiger charge is -2.16. The van der Waals surface area contributed by atoms with Crippen molar-refractivity contribution in [2.24, 2.45) is 5.92 Å². The van der Waals surface area contributed by atoms with Crippen molar-refractivity contribution in [1.29, 1.82) is 0 Å². The van der Waals surface area contributed by atoms with Crippen molar-refractivity contribution < 1.29 is 4.74 Å². The van der Waals surface area contributed by atoms with Gasteiger partial charge in [-0.3, -0.25) is 0 Å². The number of ether oxygens (including phenoxy) is 1. The fourth-order valence-corrected chi connectivity index (χ4v) is 2.10. The minimum absolute atomic E-state index is 0.828. The van der Waals surface area contributed by atoms with E-state index in [0.717, 1.165) is 19.1 Å². The van der Waals surface area contributed by atoms with Gasteiger partial charge in [-0.15, -0.1) is 0 Å². The molecule has 0 bridgehead atoms. The highest BCUT2D eigenvalue weighted by Crippen LogP contribution is 2.15. The van der Waals surface area contributed by atoms with E-state index in [0.29, 0.717) is 0 Å². The predicted molar refractivity (Wildman–Crippen MR) is 71.9 cm³/mol. The van der Waals surface area contributed by atoms with Crippen LogP contribution in [0.15, 0.2) is 0 Å². The summed E-state index contributed by atoms with van der Waals surface area (Å²) in [7, 11) is 1.76. The van der Waals surface area contributed by atoms with Crippen LogP contribution in [0.25, 0.3) is 0 Å². The maximum Gasteiger partial charge on any atom is 0.0587 e. The first-order valence-electron chi connectivity index (χ1n) is 7.04. The van der Waals surface area contributed by atoms with E-state index in [-0.39, 0.29) is 0 Å². The van der Waals surface area contributed by atoms with Gasteiger partial charge in [-0.05, 0) is 25.3 Å². The SMILES string of the molecule is CCCCCCC(CCC)CNCCOC. The molecule has 1 unspecified atom stereocenters. The Kier molecular flexibility index (Phi) is 12.9. The summed E-state index contributed by atoms with van der Waals surface area (Å²) >= 11 is 0. The molecule has 0 aromatic carbocycles. The lowest BCUT2D eigenvalue weighted by Crippen LogP contribution is -2.26. The highest BCUT2D eigenvalue weighted by molar-refractivity contribution is 4.62. The third-order valence-corrected chi connectivity index (χ3v) is 3.08. The first-order valence-corrected chi connectivity index (χ1v) is 7.04. The summed E-state index contributed by atoms with van der Waals surface area (Å²) in [6.45, 7) is 7.55. The average molecular weight is 229 g/mol. The predicted octanol–water partition coefficient (Wildman–Crippen LogP) is 3.61. The second-order valence-electron chi connectivity index (χ2n) is 4.70. The molecule has 0 heterocycles. The molecule has 0 aromatic rings. The van der Waals surface area contributed by atoms with E-state index in [9.17, 15) is 0 Å². The van der Waals surface area contributed by atoms with Gasteiger partial charge in [0.05, 0.1) is 6.61 Å².